The minimum absolute atomic E-state index is 0.181. The van der Waals surface area contributed by atoms with Gasteiger partial charge in [0.05, 0.1) is 28.3 Å². The molecular formula is C10H22O3Si. The Balaban J connectivity index is 3.32. The summed E-state index contributed by atoms with van der Waals surface area (Å²) in [5.41, 5.74) is 2.13. The molecule has 0 heterocycles. The first-order valence-electron chi connectivity index (χ1n) is 5.18. The molecule has 0 amide bonds. The predicted molar refractivity (Wildman–Crippen MR) is 61.0 cm³/mol. The maximum absolute atomic E-state index is 5.34. The minimum atomic E-state index is -0.654. The molecule has 0 bridgehead atoms. The maximum atomic E-state index is 5.34. The van der Waals surface area contributed by atoms with Gasteiger partial charge in [-0.05, 0) is 13.8 Å². The number of hydrogen-bond donors (Lipinski definition) is 0. The fraction of sp³-hybridized carbons (Fsp3) is 0.800. The van der Waals surface area contributed by atoms with Gasteiger partial charge in [-0.3, -0.25) is 0 Å². The van der Waals surface area contributed by atoms with Crippen LogP contribution in [0.15, 0.2) is 12.0 Å². The van der Waals surface area contributed by atoms with Gasteiger partial charge < -0.3 is 14.2 Å². The van der Waals surface area contributed by atoms with Gasteiger partial charge in [0, 0.05) is 6.61 Å². The van der Waals surface area contributed by atoms with Crippen molar-refractivity contribution in [3.05, 3.63) is 12.0 Å². The van der Waals surface area contributed by atoms with Gasteiger partial charge in [0.15, 0.2) is 6.29 Å². The van der Waals surface area contributed by atoms with Crippen LogP contribution in [0.1, 0.15) is 13.8 Å². The highest BCUT2D eigenvalue weighted by Crippen LogP contribution is 1.95. The third kappa shape index (κ3) is 9.76. The molecule has 3 nitrogen and oxygen atoms in total. The monoisotopic (exact) mass is 218 g/mol. The van der Waals surface area contributed by atoms with Crippen LogP contribution in [0.5, 0.6) is 0 Å². The van der Waals surface area contributed by atoms with Gasteiger partial charge in [-0.15, -0.1) is 0 Å². The molecule has 0 aromatic heterocycles. The second kappa shape index (κ2) is 9.24. The molecule has 4 heteroatoms. The zero-order chi connectivity index (χ0) is 10.8. The average molecular weight is 218 g/mol. The van der Waals surface area contributed by atoms with Crippen molar-refractivity contribution >= 4 is 8.80 Å². The van der Waals surface area contributed by atoms with E-state index in [0.29, 0.717) is 13.2 Å². The smallest absolute Gasteiger partial charge is 0.196 e. The van der Waals surface area contributed by atoms with Crippen molar-refractivity contribution in [2.75, 3.05) is 19.8 Å². The van der Waals surface area contributed by atoms with E-state index in [2.05, 4.69) is 18.8 Å². The molecule has 0 aromatic carbocycles. The Hall–Kier alpha value is -0.323. The molecule has 0 aliphatic carbocycles. The van der Waals surface area contributed by atoms with Crippen LogP contribution < -0.4 is 0 Å². The van der Waals surface area contributed by atoms with E-state index in [4.69, 9.17) is 14.2 Å². The van der Waals surface area contributed by atoms with Gasteiger partial charge in [-0.2, -0.15) is 0 Å². The van der Waals surface area contributed by atoms with E-state index in [9.17, 15) is 0 Å². The Morgan fingerprint density at radius 2 is 2.00 bits per heavy atom. The molecule has 0 aliphatic rings. The second-order valence-electron chi connectivity index (χ2n) is 3.34. The van der Waals surface area contributed by atoms with Gasteiger partial charge in [0.1, 0.15) is 0 Å². The van der Waals surface area contributed by atoms with Crippen molar-refractivity contribution in [3.8, 4) is 0 Å². The summed E-state index contributed by atoms with van der Waals surface area (Å²) in [6.07, 6.45) is 1.57. The molecular weight excluding hydrogens is 196 g/mol. The standard InChI is InChI=1S/C10H22O3Si/c1-5-11-6-7-12-10(2)13-8-9-14(3)4/h8-10,14H,5-7H2,1-4H3. The molecule has 1 unspecified atom stereocenters. The normalized spacial score (nSPS) is 13.8. The average Bonchev–Trinajstić information content (AvgIpc) is 2.12. The first-order valence-corrected chi connectivity index (χ1v) is 8.16. The summed E-state index contributed by atoms with van der Waals surface area (Å²) in [6, 6.07) is 0. The minimum Gasteiger partial charge on any atom is -0.474 e. The third-order valence-corrected chi connectivity index (χ3v) is 2.44. The van der Waals surface area contributed by atoms with Crippen LogP contribution in [0.4, 0.5) is 0 Å². The quantitative estimate of drug-likeness (QED) is 0.270. The Kier molecular flexibility index (Phi) is 9.03. The van der Waals surface area contributed by atoms with E-state index < -0.39 is 8.80 Å². The van der Waals surface area contributed by atoms with Crippen molar-refractivity contribution in [1.82, 2.24) is 0 Å². The summed E-state index contributed by atoms with van der Waals surface area (Å²) in [4.78, 5) is 0. The number of ether oxygens (including phenoxy) is 3. The van der Waals surface area contributed by atoms with Gasteiger partial charge in [-0.25, -0.2) is 0 Å². The van der Waals surface area contributed by atoms with Crippen molar-refractivity contribution in [1.29, 1.82) is 0 Å². The lowest BCUT2D eigenvalue weighted by Gasteiger charge is -2.12. The van der Waals surface area contributed by atoms with Gasteiger partial charge >= 0.3 is 0 Å². The van der Waals surface area contributed by atoms with Crippen LogP contribution in [0, 0.1) is 0 Å². The zero-order valence-corrected chi connectivity index (χ0v) is 10.8. The maximum Gasteiger partial charge on any atom is 0.196 e. The molecule has 14 heavy (non-hydrogen) atoms. The largest absolute Gasteiger partial charge is 0.474 e. The molecule has 0 N–H and O–H groups in total. The van der Waals surface area contributed by atoms with Crippen molar-refractivity contribution in [3.63, 3.8) is 0 Å². The molecule has 1 atom stereocenters. The SMILES string of the molecule is CCOCCOC(C)OC=C[SiH](C)C. The van der Waals surface area contributed by atoms with E-state index in [1.165, 1.54) is 0 Å². The lowest BCUT2D eigenvalue weighted by molar-refractivity contribution is -0.105. The second-order valence-corrected chi connectivity index (χ2v) is 6.22. The summed E-state index contributed by atoms with van der Waals surface area (Å²) < 4.78 is 15.8. The topological polar surface area (TPSA) is 27.7 Å². The van der Waals surface area contributed by atoms with Crippen molar-refractivity contribution in [2.24, 2.45) is 0 Å². The summed E-state index contributed by atoms with van der Waals surface area (Å²) in [6.45, 7) is 10.3. The predicted octanol–water partition coefficient (Wildman–Crippen LogP) is 1.94. The first-order chi connectivity index (χ1) is 6.66. The van der Waals surface area contributed by atoms with E-state index >= 15 is 0 Å². The van der Waals surface area contributed by atoms with Gasteiger partial charge in [-0.1, -0.05) is 18.8 Å². The molecule has 0 aliphatic heterocycles. The fourth-order valence-corrected chi connectivity index (χ4v) is 1.17. The molecule has 0 aromatic rings. The van der Waals surface area contributed by atoms with E-state index in [0.717, 1.165) is 6.61 Å². The van der Waals surface area contributed by atoms with E-state index in [-0.39, 0.29) is 6.29 Å². The molecule has 0 fully saturated rings. The zero-order valence-electron chi connectivity index (χ0n) is 9.66. The molecule has 84 valence electrons. The Morgan fingerprint density at radius 1 is 1.29 bits per heavy atom. The van der Waals surface area contributed by atoms with E-state index in [1.807, 2.05) is 13.8 Å². The third-order valence-electron chi connectivity index (χ3n) is 1.52. The van der Waals surface area contributed by atoms with Crippen LogP contribution >= 0.6 is 0 Å². The summed E-state index contributed by atoms with van der Waals surface area (Å²) in [5.74, 6) is 0. The van der Waals surface area contributed by atoms with Crippen LogP contribution in [0.2, 0.25) is 13.1 Å². The summed E-state index contributed by atoms with van der Waals surface area (Å²) in [5, 5.41) is 0. The molecule has 0 rings (SSSR count). The van der Waals surface area contributed by atoms with Crippen LogP contribution in [0.25, 0.3) is 0 Å². The number of hydrogen-bond acceptors (Lipinski definition) is 3. The molecule has 0 saturated carbocycles. The fourth-order valence-electron chi connectivity index (χ4n) is 0.770. The highest BCUT2D eigenvalue weighted by Gasteiger charge is 1.98. The summed E-state index contributed by atoms with van der Waals surface area (Å²) in [7, 11) is -0.654. The number of rotatable bonds is 8. The van der Waals surface area contributed by atoms with Crippen LogP contribution in [-0.4, -0.2) is 34.9 Å². The highest BCUT2D eigenvalue weighted by molar-refractivity contribution is 6.61. The molecule has 0 radical (unpaired) electrons. The van der Waals surface area contributed by atoms with E-state index in [1.54, 1.807) is 6.26 Å². The Labute approximate surface area is 88.7 Å². The van der Waals surface area contributed by atoms with Crippen molar-refractivity contribution < 1.29 is 14.2 Å². The molecule has 0 saturated heterocycles. The molecule has 0 spiro atoms. The van der Waals surface area contributed by atoms with Crippen molar-refractivity contribution in [2.45, 2.75) is 33.2 Å². The highest BCUT2D eigenvalue weighted by atomic mass is 28.3. The Bertz CT molecular complexity index is 148. The van der Waals surface area contributed by atoms with Gasteiger partial charge in [0.2, 0.25) is 0 Å². The lowest BCUT2D eigenvalue weighted by atomic mass is 10.7. The summed E-state index contributed by atoms with van der Waals surface area (Å²) >= 11 is 0. The first kappa shape index (κ1) is 13.7. The van der Waals surface area contributed by atoms with Gasteiger partial charge in [0.25, 0.3) is 0 Å². The van der Waals surface area contributed by atoms with Crippen LogP contribution in [-0.2, 0) is 14.2 Å². The van der Waals surface area contributed by atoms with Crippen LogP contribution in [0.3, 0.4) is 0 Å². The Morgan fingerprint density at radius 3 is 2.57 bits per heavy atom. The lowest BCUT2D eigenvalue weighted by Crippen LogP contribution is -2.14.